The van der Waals surface area contributed by atoms with Crippen LogP contribution in [0.2, 0.25) is 0 Å². The van der Waals surface area contributed by atoms with Gasteiger partial charge in [-0.25, -0.2) is 9.97 Å². The molecule has 0 fully saturated rings. The van der Waals surface area contributed by atoms with Gasteiger partial charge >= 0.3 is 0 Å². The van der Waals surface area contributed by atoms with Crippen LogP contribution in [0.3, 0.4) is 0 Å². The number of nitrogens with one attached hydrogen (secondary N) is 3. The SMILES string of the molecule is Cc1oc2nc1C(=O)N[C@@H](C)c1nc(cs1)C(=O)N[C@H](Cc1ccccc1)C1=N[C@H](CN[C@@H]2C)C(=O)S1. The molecule has 4 heterocycles. The first kappa shape index (κ1) is 25.3. The number of fused-ring (bicyclic) bond motifs is 5. The third kappa shape index (κ3) is 5.50. The third-order valence-corrected chi connectivity index (χ3v) is 8.23. The van der Waals surface area contributed by atoms with Crippen LogP contribution < -0.4 is 16.0 Å². The Morgan fingerprint density at radius 2 is 1.81 bits per heavy atom. The molecule has 2 aliphatic rings. The molecule has 0 aliphatic carbocycles. The van der Waals surface area contributed by atoms with Crippen LogP contribution in [0.1, 0.15) is 69.1 Å². The molecule has 192 valence electrons. The Morgan fingerprint density at radius 3 is 2.59 bits per heavy atom. The fourth-order valence-electron chi connectivity index (χ4n) is 4.08. The van der Waals surface area contributed by atoms with Crippen molar-refractivity contribution >= 4 is 45.1 Å². The maximum absolute atomic E-state index is 13.2. The number of thioether (sulfide) groups is 1. The number of aliphatic imine (C=N–C) groups is 1. The van der Waals surface area contributed by atoms with Gasteiger partial charge in [0.1, 0.15) is 22.5 Å². The number of hydrogen-bond acceptors (Lipinski definition) is 10. The van der Waals surface area contributed by atoms with Crippen molar-refractivity contribution in [3.05, 3.63) is 69.3 Å². The quantitative estimate of drug-likeness (QED) is 0.453. The summed E-state index contributed by atoms with van der Waals surface area (Å²) in [5, 5.41) is 11.8. The minimum Gasteiger partial charge on any atom is -0.443 e. The van der Waals surface area contributed by atoms with Gasteiger partial charge in [0.05, 0.1) is 23.2 Å². The molecule has 1 aromatic carbocycles. The lowest BCUT2D eigenvalue weighted by Gasteiger charge is -2.18. The number of nitrogens with zero attached hydrogens (tertiary/aromatic N) is 3. The zero-order valence-electron chi connectivity index (χ0n) is 20.5. The third-order valence-electron chi connectivity index (χ3n) is 6.14. The number of rotatable bonds is 2. The average Bonchev–Trinajstić information content (AvgIpc) is 3.61. The lowest BCUT2D eigenvalue weighted by Crippen LogP contribution is -2.41. The first-order valence-electron chi connectivity index (χ1n) is 11.9. The lowest BCUT2D eigenvalue weighted by molar-refractivity contribution is -0.111. The topological polar surface area (TPSA) is 139 Å². The first-order valence-corrected chi connectivity index (χ1v) is 13.6. The highest BCUT2D eigenvalue weighted by Gasteiger charge is 2.34. The molecule has 5 rings (SSSR count). The number of carbonyl (C=O) groups is 3. The van der Waals surface area contributed by atoms with Gasteiger partial charge in [-0.2, -0.15) is 0 Å². The van der Waals surface area contributed by atoms with Crippen molar-refractivity contribution in [2.45, 2.75) is 51.4 Å². The van der Waals surface area contributed by atoms with Gasteiger partial charge < -0.3 is 20.4 Å². The van der Waals surface area contributed by atoms with E-state index in [1.54, 1.807) is 19.2 Å². The molecule has 4 atom stereocenters. The molecular formula is C25H26N6O4S2. The monoisotopic (exact) mass is 538 g/mol. The van der Waals surface area contributed by atoms with E-state index in [4.69, 9.17) is 4.42 Å². The van der Waals surface area contributed by atoms with Crippen LogP contribution in [0, 0.1) is 6.92 Å². The molecule has 6 bridgehead atoms. The van der Waals surface area contributed by atoms with E-state index in [1.165, 1.54) is 11.3 Å². The Morgan fingerprint density at radius 1 is 1.03 bits per heavy atom. The average molecular weight is 539 g/mol. The van der Waals surface area contributed by atoms with E-state index in [0.29, 0.717) is 28.1 Å². The molecule has 2 aliphatic heterocycles. The van der Waals surface area contributed by atoms with Crippen molar-refractivity contribution in [1.29, 1.82) is 0 Å². The van der Waals surface area contributed by atoms with Crippen LogP contribution in [-0.4, -0.2) is 50.6 Å². The number of carbonyl (C=O) groups excluding carboxylic acids is 3. The summed E-state index contributed by atoms with van der Waals surface area (Å²) in [6, 6.07) is 7.81. The fourth-order valence-corrected chi connectivity index (χ4v) is 5.83. The minimum atomic E-state index is -0.623. The summed E-state index contributed by atoms with van der Waals surface area (Å²) in [5.74, 6) is -0.0217. The van der Waals surface area contributed by atoms with Crippen LogP contribution in [0.4, 0.5) is 0 Å². The molecule has 10 nitrogen and oxygen atoms in total. The molecule has 2 amide bonds. The zero-order valence-corrected chi connectivity index (χ0v) is 22.1. The predicted octanol–water partition coefficient (Wildman–Crippen LogP) is 2.98. The van der Waals surface area contributed by atoms with Gasteiger partial charge in [0.2, 0.25) is 11.0 Å². The molecule has 3 aromatic rings. The van der Waals surface area contributed by atoms with Crippen molar-refractivity contribution in [1.82, 2.24) is 25.9 Å². The number of hydrogen-bond donors (Lipinski definition) is 3. The van der Waals surface area contributed by atoms with E-state index in [-0.39, 0.29) is 35.0 Å². The maximum Gasteiger partial charge on any atom is 0.274 e. The van der Waals surface area contributed by atoms with Crippen LogP contribution in [0.15, 0.2) is 45.1 Å². The summed E-state index contributed by atoms with van der Waals surface area (Å²) in [5.41, 5.74) is 1.43. The number of aromatic nitrogens is 2. The summed E-state index contributed by atoms with van der Waals surface area (Å²) >= 11 is 2.34. The highest BCUT2D eigenvalue weighted by molar-refractivity contribution is 8.27. The number of aryl methyl sites for hydroxylation is 1. The van der Waals surface area contributed by atoms with E-state index in [9.17, 15) is 14.4 Å². The Bertz CT molecular complexity index is 1370. The maximum atomic E-state index is 13.2. The number of benzene rings is 1. The lowest BCUT2D eigenvalue weighted by atomic mass is 10.1. The van der Waals surface area contributed by atoms with Crippen LogP contribution in [0.25, 0.3) is 0 Å². The highest BCUT2D eigenvalue weighted by Crippen LogP contribution is 2.26. The number of amides is 2. The van der Waals surface area contributed by atoms with E-state index in [1.807, 2.05) is 37.3 Å². The summed E-state index contributed by atoms with van der Waals surface area (Å²) in [7, 11) is 0. The normalized spacial score (nSPS) is 24.6. The Kier molecular flexibility index (Phi) is 7.22. The molecular weight excluding hydrogens is 512 g/mol. The van der Waals surface area contributed by atoms with Gasteiger partial charge in [-0.3, -0.25) is 19.4 Å². The largest absolute Gasteiger partial charge is 0.443 e. The van der Waals surface area contributed by atoms with E-state index in [2.05, 4.69) is 30.9 Å². The van der Waals surface area contributed by atoms with Crippen molar-refractivity contribution in [2.24, 2.45) is 4.99 Å². The molecule has 3 N–H and O–H groups in total. The van der Waals surface area contributed by atoms with Gasteiger partial charge in [0, 0.05) is 11.9 Å². The van der Waals surface area contributed by atoms with E-state index in [0.717, 1.165) is 17.3 Å². The first-order chi connectivity index (χ1) is 17.8. The van der Waals surface area contributed by atoms with Gasteiger partial charge in [-0.05, 0) is 44.5 Å². The molecule has 0 saturated heterocycles. The van der Waals surface area contributed by atoms with Gasteiger partial charge in [-0.1, -0.05) is 30.3 Å². The van der Waals surface area contributed by atoms with Crippen molar-refractivity contribution in [3.8, 4) is 0 Å². The predicted molar refractivity (Wildman–Crippen MR) is 141 cm³/mol. The van der Waals surface area contributed by atoms with Crippen molar-refractivity contribution in [2.75, 3.05) is 6.54 Å². The minimum absolute atomic E-state index is 0.103. The zero-order chi connectivity index (χ0) is 26.1. The van der Waals surface area contributed by atoms with Crippen LogP contribution in [0.5, 0.6) is 0 Å². The summed E-state index contributed by atoms with van der Waals surface area (Å²) in [6.07, 6.45) is 0.476. The van der Waals surface area contributed by atoms with E-state index >= 15 is 0 Å². The molecule has 0 spiro atoms. The Hall–Kier alpha value is -3.35. The van der Waals surface area contributed by atoms with Gasteiger partial charge in [-0.15, -0.1) is 11.3 Å². The number of oxazole rings is 1. The standard InChI is InChI=1S/C25H26N6O4S2/c1-12-22-31-19(14(3)35-22)21(33)27-13(2)23-30-18(11-36-23)20(32)28-16(9-15-7-5-4-6-8-15)24-29-17(10-26-12)25(34)37-24/h4-8,11-13,16-17,26H,9-10H2,1-3H3,(H,27,33)(H,28,32)/t12-,13+,16-,17-/m1/s1. The Labute approximate surface area is 221 Å². The smallest absolute Gasteiger partial charge is 0.274 e. The highest BCUT2D eigenvalue weighted by atomic mass is 32.2. The molecule has 37 heavy (non-hydrogen) atoms. The second-order valence-corrected chi connectivity index (χ2v) is 10.9. The van der Waals surface area contributed by atoms with Crippen molar-refractivity contribution in [3.63, 3.8) is 0 Å². The van der Waals surface area contributed by atoms with Crippen LogP contribution in [-0.2, 0) is 11.2 Å². The number of thiazole rings is 1. The Balaban J connectivity index is 1.49. The van der Waals surface area contributed by atoms with E-state index < -0.39 is 24.0 Å². The summed E-state index contributed by atoms with van der Waals surface area (Å²) < 4.78 is 5.75. The van der Waals surface area contributed by atoms with Crippen molar-refractivity contribution < 1.29 is 18.8 Å². The van der Waals surface area contributed by atoms with Crippen LogP contribution >= 0.6 is 23.1 Å². The molecule has 12 heteroatoms. The fraction of sp³-hybridized carbons (Fsp3) is 0.360. The molecule has 2 aromatic heterocycles. The summed E-state index contributed by atoms with van der Waals surface area (Å²) in [6.45, 7) is 5.58. The molecule has 0 unspecified atom stereocenters. The van der Waals surface area contributed by atoms with Gasteiger partial charge in [0.25, 0.3) is 11.8 Å². The second-order valence-electron chi connectivity index (χ2n) is 8.97. The van der Waals surface area contributed by atoms with Gasteiger partial charge in [0.15, 0.2) is 5.69 Å². The second kappa shape index (κ2) is 10.6. The molecule has 0 saturated carbocycles. The summed E-state index contributed by atoms with van der Waals surface area (Å²) in [4.78, 5) is 52.5. The molecule has 0 radical (unpaired) electrons.